The minimum Gasteiger partial charge on any atom is -0.379 e. The Labute approximate surface area is 151 Å². The molecule has 2 saturated heterocycles. The van der Waals surface area contributed by atoms with Gasteiger partial charge in [-0.15, -0.1) is 0 Å². The van der Waals surface area contributed by atoms with Gasteiger partial charge in [-0.05, 0) is 24.3 Å². The van der Waals surface area contributed by atoms with Crippen LogP contribution in [0.1, 0.15) is 10.5 Å². The molecule has 7 heteroatoms. The predicted molar refractivity (Wildman–Crippen MR) is 96.2 cm³/mol. The van der Waals surface area contributed by atoms with Gasteiger partial charge in [-0.1, -0.05) is 11.6 Å². The average molecular weight is 364 g/mol. The number of hydrogen-bond donors (Lipinski definition) is 1. The van der Waals surface area contributed by atoms with Gasteiger partial charge in [0.15, 0.2) is 0 Å². The Balaban J connectivity index is 1.43. The quantitative estimate of drug-likeness (QED) is 0.906. The van der Waals surface area contributed by atoms with Gasteiger partial charge in [-0.25, -0.2) is 0 Å². The largest absolute Gasteiger partial charge is 0.379 e. The summed E-state index contributed by atoms with van der Waals surface area (Å²) in [7, 11) is 0. The van der Waals surface area contributed by atoms with E-state index >= 15 is 0 Å². The molecular formula is C18H22ClN3O3. The van der Waals surface area contributed by atoms with Gasteiger partial charge in [-0.2, -0.15) is 0 Å². The van der Waals surface area contributed by atoms with Crippen molar-refractivity contribution < 1.29 is 14.3 Å². The zero-order valence-corrected chi connectivity index (χ0v) is 14.8. The second-order valence-electron chi connectivity index (χ2n) is 6.57. The Morgan fingerprint density at radius 3 is 2.88 bits per heavy atom. The Morgan fingerprint density at radius 2 is 2.04 bits per heavy atom. The van der Waals surface area contributed by atoms with E-state index in [1.165, 1.54) is 0 Å². The molecule has 2 fully saturated rings. The second kappa shape index (κ2) is 7.33. The zero-order valence-electron chi connectivity index (χ0n) is 14.0. The maximum absolute atomic E-state index is 12.9. The number of benzene rings is 1. The van der Waals surface area contributed by atoms with Gasteiger partial charge in [0.05, 0.1) is 25.9 Å². The SMILES string of the molecule is O=C(c1cc2cc(Cl)ccc2[nH]1)N1CCOC(CN2CCOCC2)C1. The first-order valence-electron chi connectivity index (χ1n) is 8.68. The summed E-state index contributed by atoms with van der Waals surface area (Å²) in [6.45, 7) is 6.05. The van der Waals surface area contributed by atoms with E-state index in [-0.39, 0.29) is 12.0 Å². The van der Waals surface area contributed by atoms with Gasteiger partial charge in [-0.3, -0.25) is 9.69 Å². The smallest absolute Gasteiger partial charge is 0.270 e. The molecule has 2 aliphatic heterocycles. The number of fused-ring (bicyclic) bond motifs is 1. The molecule has 1 aromatic heterocycles. The molecule has 0 radical (unpaired) electrons. The molecule has 2 aromatic rings. The molecule has 1 atom stereocenters. The molecule has 3 heterocycles. The number of morpholine rings is 2. The summed E-state index contributed by atoms with van der Waals surface area (Å²) in [5, 5.41) is 1.62. The van der Waals surface area contributed by atoms with E-state index in [1.807, 2.05) is 29.2 Å². The number of nitrogens with zero attached hydrogens (tertiary/aromatic N) is 2. The minimum absolute atomic E-state index is 0.0163. The number of amides is 1. The van der Waals surface area contributed by atoms with Crippen LogP contribution < -0.4 is 0 Å². The van der Waals surface area contributed by atoms with Gasteiger partial charge < -0.3 is 19.4 Å². The Hall–Kier alpha value is -1.60. The van der Waals surface area contributed by atoms with E-state index in [0.29, 0.717) is 30.4 Å². The molecule has 4 rings (SSSR count). The molecule has 1 N–H and O–H groups in total. The fraction of sp³-hybridized carbons (Fsp3) is 0.500. The van der Waals surface area contributed by atoms with Gasteiger partial charge >= 0.3 is 0 Å². The van der Waals surface area contributed by atoms with Crippen LogP contribution in [0.15, 0.2) is 24.3 Å². The van der Waals surface area contributed by atoms with Crippen LogP contribution in [0.2, 0.25) is 5.02 Å². The highest BCUT2D eigenvalue weighted by molar-refractivity contribution is 6.31. The number of rotatable bonds is 3. The standard InChI is InChI=1S/C18H22ClN3O3/c19-14-1-2-16-13(9-14)10-17(20-16)18(23)22-5-8-25-15(12-22)11-21-3-6-24-7-4-21/h1-2,9-10,15,20H,3-8,11-12H2. The van der Waals surface area contributed by atoms with Crippen molar-refractivity contribution in [2.45, 2.75) is 6.10 Å². The molecule has 1 amide bonds. The lowest BCUT2D eigenvalue weighted by Crippen LogP contribution is -2.51. The maximum atomic E-state index is 12.9. The van der Waals surface area contributed by atoms with Crippen LogP contribution in [-0.2, 0) is 9.47 Å². The topological polar surface area (TPSA) is 57.8 Å². The first-order valence-corrected chi connectivity index (χ1v) is 9.06. The minimum atomic E-state index is 0.0163. The van der Waals surface area contributed by atoms with Crippen molar-refractivity contribution in [3.05, 3.63) is 35.0 Å². The zero-order chi connectivity index (χ0) is 17.2. The monoisotopic (exact) mass is 363 g/mol. The number of carbonyl (C=O) groups is 1. The number of halogens is 1. The highest BCUT2D eigenvalue weighted by Crippen LogP contribution is 2.21. The molecule has 0 aliphatic carbocycles. The number of nitrogens with one attached hydrogen (secondary N) is 1. The van der Waals surface area contributed by atoms with Crippen LogP contribution >= 0.6 is 11.6 Å². The van der Waals surface area contributed by atoms with Crippen molar-refractivity contribution in [2.75, 3.05) is 52.5 Å². The van der Waals surface area contributed by atoms with Crippen LogP contribution in [0.5, 0.6) is 0 Å². The highest BCUT2D eigenvalue weighted by atomic mass is 35.5. The molecule has 0 bridgehead atoms. The number of hydrogen-bond acceptors (Lipinski definition) is 4. The first kappa shape index (κ1) is 16.8. The van der Waals surface area contributed by atoms with Crippen molar-refractivity contribution >= 4 is 28.4 Å². The predicted octanol–water partition coefficient (Wildman–Crippen LogP) is 1.99. The van der Waals surface area contributed by atoms with E-state index in [4.69, 9.17) is 21.1 Å². The van der Waals surface area contributed by atoms with Gasteiger partial charge in [0.1, 0.15) is 5.69 Å². The van der Waals surface area contributed by atoms with E-state index < -0.39 is 0 Å². The third-order valence-corrected chi connectivity index (χ3v) is 5.04. The molecule has 2 aliphatic rings. The van der Waals surface area contributed by atoms with Gasteiger partial charge in [0.2, 0.25) is 0 Å². The Morgan fingerprint density at radius 1 is 1.20 bits per heavy atom. The summed E-state index contributed by atoms with van der Waals surface area (Å²) in [4.78, 5) is 20.3. The fourth-order valence-corrected chi connectivity index (χ4v) is 3.66. The van der Waals surface area contributed by atoms with Crippen LogP contribution in [0, 0.1) is 0 Å². The molecule has 0 saturated carbocycles. The van der Waals surface area contributed by atoms with Crippen LogP contribution in [0.3, 0.4) is 0 Å². The number of ether oxygens (including phenoxy) is 2. The number of carbonyl (C=O) groups excluding carboxylic acids is 1. The van der Waals surface area contributed by atoms with E-state index in [1.54, 1.807) is 0 Å². The first-order chi connectivity index (χ1) is 12.2. The van der Waals surface area contributed by atoms with Gasteiger partial charge in [0, 0.05) is 48.6 Å². The summed E-state index contributed by atoms with van der Waals surface area (Å²) < 4.78 is 11.3. The number of aromatic amines is 1. The normalized spacial score (nSPS) is 22.4. The number of aromatic nitrogens is 1. The fourth-order valence-electron chi connectivity index (χ4n) is 3.48. The Bertz CT molecular complexity index is 757. The van der Waals surface area contributed by atoms with Crippen LogP contribution in [-0.4, -0.2) is 79.3 Å². The van der Waals surface area contributed by atoms with Crippen molar-refractivity contribution in [3.63, 3.8) is 0 Å². The molecule has 1 aromatic carbocycles. The molecule has 1 unspecified atom stereocenters. The van der Waals surface area contributed by atoms with E-state index in [0.717, 1.165) is 43.8 Å². The third kappa shape index (κ3) is 3.82. The van der Waals surface area contributed by atoms with Crippen LogP contribution in [0.4, 0.5) is 0 Å². The van der Waals surface area contributed by atoms with Crippen molar-refractivity contribution in [1.29, 1.82) is 0 Å². The second-order valence-corrected chi connectivity index (χ2v) is 7.01. The summed E-state index contributed by atoms with van der Waals surface area (Å²) in [5.41, 5.74) is 1.52. The summed E-state index contributed by atoms with van der Waals surface area (Å²) in [6.07, 6.45) is 0.0506. The van der Waals surface area contributed by atoms with Crippen LogP contribution in [0.25, 0.3) is 10.9 Å². The molecule has 25 heavy (non-hydrogen) atoms. The summed E-state index contributed by atoms with van der Waals surface area (Å²) >= 11 is 6.03. The summed E-state index contributed by atoms with van der Waals surface area (Å²) in [6, 6.07) is 7.46. The maximum Gasteiger partial charge on any atom is 0.270 e. The van der Waals surface area contributed by atoms with Crippen molar-refractivity contribution in [3.8, 4) is 0 Å². The summed E-state index contributed by atoms with van der Waals surface area (Å²) in [5.74, 6) is 0.0163. The lowest BCUT2D eigenvalue weighted by Gasteiger charge is -2.36. The molecule has 0 spiro atoms. The highest BCUT2D eigenvalue weighted by Gasteiger charge is 2.27. The Kier molecular flexibility index (Phi) is 4.94. The lowest BCUT2D eigenvalue weighted by molar-refractivity contribution is -0.0503. The lowest BCUT2D eigenvalue weighted by atomic mass is 10.2. The number of H-pyrrole nitrogens is 1. The van der Waals surface area contributed by atoms with E-state index in [2.05, 4.69) is 9.88 Å². The van der Waals surface area contributed by atoms with Crippen molar-refractivity contribution in [1.82, 2.24) is 14.8 Å². The average Bonchev–Trinajstić information content (AvgIpc) is 3.05. The molecule has 134 valence electrons. The molecule has 6 nitrogen and oxygen atoms in total. The van der Waals surface area contributed by atoms with E-state index in [9.17, 15) is 4.79 Å². The molecular weight excluding hydrogens is 342 g/mol. The van der Waals surface area contributed by atoms with Crippen molar-refractivity contribution in [2.24, 2.45) is 0 Å². The van der Waals surface area contributed by atoms with Gasteiger partial charge in [0.25, 0.3) is 5.91 Å². The third-order valence-electron chi connectivity index (χ3n) is 4.80.